The van der Waals surface area contributed by atoms with Crippen LogP contribution in [0.25, 0.3) is 0 Å². The van der Waals surface area contributed by atoms with E-state index in [2.05, 4.69) is 4.98 Å². The number of hydrogen-bond acceptors (Lipinski definition) is 2. The van der Waals surface area contributed by atoms with Crippen molar-refractivity contribution in [1.82, 2.24) is 4.98 Å². The number of aldehydes is 1. The third kappa shape index (κ3) is 1.64. The van der Waals surface area contributed by atoms with Crippen LogP contribution in [0.3, 0.4) is 0 Å². The van der Waals surface area contributed by atoms with E-state index < -0.39 is 0 Å². The summed E-state index contributed by atoms with van der Waals surface area (Å²) in [5.41, 5.74) is 2.56. The number of rotatable bonds is 2. The monoisotopic (exact) mass is 149 g/mol. The van der Waals surface area contributed by atoms with Crippen LogP contribution in [-0.4, -0.2) is 11.3 Å². The molecule has 1 aromatic rings. The Morgan fingerprint density at radius 2 is 2.27 bits per heavy atom. The van der Waals surface area contributed by atoms with Gasteiger partial charge in [-0.25, -0.2) is 0 Å². The second-order valence-electron chi connectivity index (χ2n) is 2.46. The fourth-order valence-electron chi connectivity index (χ4n) is 1.01. The van der Waals surface area contributed by atoms with Gasteiger partial charge >= 0.3 is 0 Å². The standard InChI is InChI=1S/C9H11NO/c1-3-9-8(6-11)5-4-7(2)10-9/h4-6H,3H2,1-2H3. The van der Waals surface area contributed by atoms with Crippen LogP contribution < -0.4 is 0 Å². The van der Waals surface area contributed by atoms with Crippen molar-refractivity contribution in [1.29, 1.82) is 0 Å². The number of aromatic nitrogens is 1. The molecule has 11 heavy (non-hydrogen) atoms. The van der Waals surface area contributed by atoms with E-state index in [0.29, 0.717) is 5.56 Å². The fraction of sp³-hybridized carbons (Fsp3) is 0.333. The van der Waals surface area contributed by atoms with Gasteiger partial charge in [0.1, 0.15) is 0 Å². The summed E-state index contributed by atoms with van der Waals surface area (Å²) in [7, 11) is 0. The van der Waals surface area contributed by atoms with Crippen LogP contribution in [0.5, 0.6) is 0 Å². The minimum Gasteiger partial charge on any atom is -0.298 e. The van der Waals surface area contributed by atoms with E-state index in [0.717, 1.165) is 24.1 Å². The molecule has 1 heterocycles. The molecule has 0 spiro atoms. The average molecular weight is 149 g/mol. The van der Waals surface area contributed by atoms with Crippen molar-refractivity contribution >= 4 is 6.29 Å². The summed E-state index contributed by atoms with van der Waals surface area (Å²) in [6.07, 6.45) is 1.67. The lowest BCUT2D eigenvalue weighted by atomic mass is 10.1. The molecule has 0 unspecified atom stereocenters. The maximum absolute atomic E-state index is 10.5. The highest BCUT2D eigenvalue weighted by atomic mass is 16.1. The Bertz CT molecular complexity index is 268. The molecule has 0 saturated carbocycles. The van der Waals surface area contributed by atoms with Gasteiger partial charge in [0.15, 0.2) is 6.29 Å². The van der Waals surface area contributed by atoms with E-state index in [9.17, 15) is 4.79 Å². The normalized spacial score (nSPS) is 9.64. The molecule has 0 aliphatic carbocycles. The van der Waals surface area contributed by atoms with Crippen LogP contribution in [0.15, 0.2) is 12.1 Å². The summed E-state index contributed by atoms with van der Waals surface area (Å²) in [6, 6.07) is 3.66. The Morgan fingerprint density at radius 3 is 2.82 bits per heavy atom. The van der Waals surface area contributed by atoms with Crippen LogP contribution in [-0.2, 0) is 6.42 Å². The van der Waals surface area contributed by atoms with Crippen LogP contribution in [0, 0.1) is 6.92 Å². The summed E-state index contributed by atoms with van der Waals surface area (Å²) in [6.45, 7) is 3.92. The molecule has 0 bridgehead atoms. The Morgan fingerprint density at radius 1 is 1.55 bits per heavy atom. The van der Waals surface area contributed by atoms with E-state index in [-0.39, 0.29) is 0 Å². The molecule has 0 amide bonds. The maximum Gasteiger partial charge on any atom is 0.151 e. The largest absolute Gasteiger partial charge is 0.298 e. The van der Waals surface area contributed by atoms with E-state index >= 15 is 0 Å². The predicted molar refractivity (Wildman–Crippen MR) is 43.7 cm³/mol. The number of carbonyl (C=O) groups excluding carboxylic acids is 1. The Labute approximate surface area is 66.3 Å². The van der Waals surface area contributed by atoms with E-state index in [1.54, 1.807) is 0 Å². The molecule has 0 N–H and O–H groups in total. The highest BCUT2D eigenvalue weighted by Gasteiger charge is 1.99. The van der Waals surface area contributed by atoms with Crippen LogP contribution in [0.4, 0.5) is 0 Å². The predicted octanol–water partition coefficient (Wildman–Crippen LogP) is 1.76. The zero-order valence-electron chi connectivity index (χ0n) is 6.79. The number of pyridine rings is 1. The molecule has 1 aromatic heterocycles. The third-order valence-corrected chi connectivity index (χ3v) is 1.61. The van der Waals surface area contributed by atoms with Crippen LogP contribution in [0.2, 0.25) is 0 Å². The zero-order valence-corrected chi connectivity index (χ0v) is 6.79. The summed E-state index contributed by atoms with van der Waals surface area (Å²) < 4.78 is 0. The molecular formula is C9H11NO. The quantitative estimate of drug-likeness (QED) is 0.600. The summed E-state index contributed by atoms with van der Waals surface area (Å²) in [5.74, 6) is 0. The highest BCUT2D eigenvalue weighted by molar-refractivity contribution is 5.76. The third-order valence-electron chi connectivity index (χ3n) is 1.61. The smallest absolute Gasteiger partial charge is 0.151 e. The van der Waals surface area contributed by atoms with Crippen LogP contribution >= 0.6 is 0 Å². The Kier molecular flexibility index (Phi) is 2.36. The summed E-state index contributed by atoms with van der Waals surface area (Å²) in [4.78, 5) is 14.7. The van der Waals surface area contributed by atoms with Gasteiger partial charge in [-0.05, 0) is 25.5 Å². The first kappa shape index (κ1) is 7.92. The van der Waals surface area contributed by atoms with Crippen molar-refractivity contribution in [3.05, 3.63) is 29.1 Å². The van der Waals surface area contributed by atoms with Crippen LogP contribution in [0.1, 0.15) is 28.7 Å². The van der Waals surface area contributed by atoms with Gasteiger partial charge in [-0.1, -0.05) is 6.92 Å². The lowest BCUT2D eigenvalue weighted by Crippen LogP contribution is -1.96. The SMILES string of the molecule is CCc1nc(C)ccc1C=O. The molecule has 2 heteroatoms. The van der Waals surface area contributed by atoms with E-state index in [4.69, 9.17) is 0 Å². The van der Waals surface area contributed by atoms with Crippen molar-refractivity contribution in [2.24, 2.45) is 0 Å². The average Bonchev–Trinajstić information content (AvgIpc) is 2.04. The van der Waals surface area contributed by atoms with Crippen molar-refractivity contribution in [2.45, 2.75) is 20.3 Å². The molecule has 2 nitrogen and oxygen atoms in total. The summed E-state index contributed by atoms with van der Waals surface area (Å²) in [5, 5.41) is 0. The van der Waals surface area contributed by atoms with E-state index in [1.807, 2.05) is 26.0 Å². The minimum atomic E-state index is 0.707. The first-order valence-corrected chi connectivity index (χ1v) is 3.69. The van der Waals surface area contributed by atoms with Gasteiger partial charge in [0.25, 0.3) is 0 Å². The Hall–Kier alpha value is -1.18. The van der Waals surface area contributed by atoms with Crippen molar-refractivity contribution in [2.75, 3.05) is 0 Å². The first-order chi connectivity index (χ1) is 5.27. The van der Waals surface area contributed by atoms with Gasteiger partial charge < -0.3 is 0 Å². The lowest BCUT2D eigenvalue weighted by molar-refractivity contribution is 0.112. The van der Waals surface area contributed by atoms with Gasteiger partial charge in [-0.2, -0.15) is 0 Å². The molecule has 0 atom stereocenters. The van der Waals surface area contributed by atoms with Gasteiger partial charge in [0, 0.05) is 11.3 Å². The molecular weight excluding hydrogens is 138 g/mol. The second kappa shape index (κ2) is 3.28. The number of carbonyl (C=O) groups is 1. The second-order valence-corrected chi connectivity index (χ2v) is 2.46. The van der Waals surface area contributed by atoms with Gasteiger partial charge in [-0.15, -0.1) is 0 Å². The summed E-state index contributed by atoms with van der Waals surface area (Å²) >= 11 is 0. The van der Waals surface area contributed by atoms with Gasteiger partial charge in [0.2, 0.25) is 0 Å². The molecule has 58 valence electrons. The lowest BCUT2D eigenvalue weighted by Gasteiger charge is -2.00. The van der Waals surface area contributed by atoms with E-state index in [1.165, 1.54) is 0 Å². The first-order valence-electron chi connectivity index (χ1n) is 3.69. The number of nitrogens with zero attached hydrogens (tertiary/aromatic N) is 1. The van der Waals surface area contributed by atoms with Crippen molar-refractivity contribution in [3.8, 4) is 0 Å². The Balaban J connectivity index is 3.16. The highest BCUT2D eigenvalue weighted by Crippen LogP contribution is 2.05. The molecule has 0 fully saturated rings. The molecule has 0 radical (unpaired) electrons. The molecule has 0 saturated heterocycles. The fourth-order valence-corrected chi connectivity index (χ4v) is 1.01. The molecule has 0 aromatic carbocycles. The molecule has 0 aliphatic heterocycles. The van der Waals surface area contributed by atoms with Gasteiger partial charge in [-0.3, -0.25) is 9.78 Å². The van der Waals surface area contributed by atoms with Crippen molar-refractivity contribution < 1.29 is 4.79 Å². The molecule has 0 aliphatic rings. The maximum atomic E-state index is 10.5. The zero-order chi connectivity index (χ0) is 8.27. The topological polar surface area (TPSA) is 30.0 Å². The number of aryl methyl sites for hydroxylation is 2. The minimum absolute atomic E-state index is 0.707. The van der Waals surface area contributed by atoms with Crippen molar-refractivity contribution in [3.63, 3.8) is 0 Å². The number of hydrogen-bond donors (Lipinski definition) is 0. The molecule has 1 rings (SSSR count). The van der Waals surface area contributed by atoms with Gasteiger partial charge in [0.05, 0.1) is 5.69 Å².